The van der Waals surface area contributed by atoms with Crippen LogP contribution >= 0.6 is 11.6 Å². The molecule has 2 nitrogen and oxygen atoms in total. The molecule has 0 atom stereocenters. The Kier molecular flexibility index (Phi) is 6.53. The molecule has 1 aromatic rings. The van der Waals surface area contributed by atoms with Gasteiger partial charge in [0.2, 0.25) is 0 Å². The van der Waals surface area contributed by atoms with Crippen LogP contribution in [-0.2, 0) is 4.79 Å². The number of carbonyl (C=O) groups is 1. The van der Waals surface area contributed by atoms with Gasteiger partial charge in [0.15, 0.2) is 0 Å². The Morgan fingerprint density at radius 3 is 2.50 bits per heavy atom. The van der Waals surface area contributed by atoms with Crippen LogP contribution in [0.4, 0.5) is 0 Å². The second-order valence-corrected chi connectivity index (χ2v) is 5.83. The highest BCUT2D eigenvalue weighted by atomic mass is 35.5. The van der Waals surface area contributed by atoms with Gasteiger partial charge in [0.25, 0.3) is 0 Å². The normalized spacial score (nSPS) is 12.3. The van der Waals surface area contributed by atoms with Crippen LogP contribution in [0.25, 0.3) is 6.08 Å². The summed E-state index contributed by atoms with van der Waals surface area (Å²) in [5.41, 5.74) is 1.06. The van der Waals surface area contributed by atoms with E-state index in [0.29, 0.717) is 6.42 Å². The molecule has 0 bridgehead atoms. The summed E-state index contributed by atoms with van der Waals surface area (Å²) in [5, 5.41) is 9.29. The molecule has 1 rings (SSSR count). The topological polar surface area (TPSA) is 37.3 Å². The highest BCUT2D eigenvalue weighted by Crippen LogP contribution is 2.22. The maximum absolute atomic E-state index is 10.4. The van der Waals surface area contributed by atoms with E-state index in [1.54, 1.807) is 0 Å². The zero-order valence-electron chi connectivity index (χ0n) is 12.0. The molecule has 0 aliphatic carbocycles. The molecule has 0 aliphatic heterocycles. The molecule has 0 aliphatic rings. The van der Waals surface area contributed by atoms with E-state index >= 15 is 0 Å². The average molecular weight is 293 g/mol. The third kappa shape index (κ3) is 7.15. The number of unbranched alkanes of at least 4 members (excludes halogenated alkanes) is 1. The Morgan fingerprint density at radius 2 is 1.90 bits per heavy atom. The van der Waals surface area contributed by atoms with Crippen molar-refractivity contribution >= 4 is 23.6 Å². The van der Waals surface area contributed by atoms with Gasteiger partial charge in [-0.15, -0.1) is 0 Å². The fourth-order valence-electron chi connectivity index (χ4n) is 1.70. The fourth-order valence-corrected chi connectivity index (χ4v) is 1.82. The van der Waals surface area contributed by atoms with E-state index in [1.807, 2.05) is 24.3 Å². The van der Waals surface area contributed by atoms with Gasteiger partial charge >= 0.3 is 5.97 Å². The minimum absolute atomic E-state index is 0.0527. The van der Waals surface area contributed by atoms with E-state index in [4.69, 9.17) is 16.7 Å². The van der Waals surface area contributed by atoms with Gasteiger partial charge in [-0.25, -0.2) is 0 Å². The fraction of sp³-hybridized carbons (Fsp3) is 0.353. The molecule has 0 saturated heterocycles. The van der Waals surface area contributed by atoms with Gasteiger partial charge < -0.3 is 5.11 Å². The Balaban J connectivity index is 2.49. The summed E-state index contributed by atoms with van der Waals surface area (Å²) >= 11 is 5.85. The molecule has 0 aromatic heterocycles. The van der Waals surface area contributed by atoms with Crippen molar-refractivity contribution in [3.05, 3.63) is 53.1 Å². The number of rotatable bonds is 7. The van der Waals surface area contributed by atoms with Crippen LogP contribution in [0.3, 0.4) is 0 Å². The van der Waals surface area contributed by atoms with Gasteiger partial charge in [0, 0.05) is 16.9 Å². The molecule has 0 fully saturated rings. The first-order valence-electron chi connectivity index (χ1n) is 6.73. The minimum Gasteiger partial charge on any atom is -0.481 e. The lowest BCUT2D eigenvalue weighted by atomic mass is 9.91. The second kappa shape index (κ2) is 7.91. The summed E-state index contributed by atoms with van der Waals surface area (Å²) in [5.74, 6) is -0.736. The van der Waals surface area contributed by atoms with Crippen molar-refractivity contribution in [2.45, 2.75) is 33.1 Å². The number of benzene rings is 1. The summed E-state index contributed by atoms with van der Waals surface area (Å²) in [6.45, 7) is 4.24. The third-order valence-corrected chi connectivity index (χ3v) is 3.14. The van der Waals surface area contributed by atoms with Gasteiger partial charge in [-0.05, 0) is 30.5 Å². The number of allylic oxidation sites excluding steroid dienone is 3. The average Bonchev–Trinajstić information content (AvgIpc) is 2.37. The largest absolute Gasteiger partial charge is 0.481 e. The zero-order chi connectivity index (χ0) is 15.0. The molecule has 1 N–H and O–H groups in total. The van der Waals surface area contributed by atoms with Crippen molar-refractivity contribution in [3.63, 3.8) is 0 Å². The van der Waals surface area contributed by atoms with E-state index in [9.17, 15) is 4.79 Å². The van der Waals surface area contributed by atoms with E-state index in [1.165, 1.54) is 0 Å². The molecule has 20 heavy (non-hydrogen) atoms. The number of hydrogen-bond acceptors (Lipinski definition) is 1. The minimum atomic E-state index is -0.736. The van der Waals surface area contributed by atoms with Crippen LogP contribution in [0, 0.1) is 5.41 Å². The lowest BCUT2D eigenvalue weighted by molar-refractivity contribution is -0.137. The van der Waals surface area contributed by atoms with Gasteiger partial charge in [0.1, 0.15) is 0 Å². The first kappa shape index (κ1) is 16.5. The summed E-state index contributed by atoms with van der Waals surface area (Å²) in [7, 11) is 0. The Morgan fingerprint density at radius 1 is 1.25 bits per heavy atom. The van der Waals surface area contributed by atoms with Crippen molar-refractivity contribution in [3.8, 4) is 0 Å². The van der Waals surface area contributed by atoms with Gasteiger partial charge in [0.05, 0.1) is 0 Å². The molecular formula is C17H21ClO2. The van der Waals surface area contributed by atoms with Crippen molar-refractivity contribution < 1.29 is 9.90 Å². The zero-order valence-corrected chi connectivity index (χ0v) is 12.7. The molecule has 1 aromatic carbocycles. The number of halogens is 1. The predicted octanol–water partition coefficient (Wildman–Crippen LogP) is 5.19. The van der Waals surface area contributed by atoms with Crippen molar-refractivity contribution in [2.24, 2.45) is 5.41 Å². The summed E-state index contributed by atoms with van der Waals surface area (Å²) in [6, 6.07) is 7.70. The van der Waals surface area contributed by atoms with Crippen LogP contribution < -0.4 is 0 Å². The first-order valence-corrected chi connectivity index (χ1v) is 7.11. The molecule has 0 amide bonds. The summed E-state index contributed by atoms with van der Waals surface area (Å²) in [4.78, 5) is 10.4. The second-order valence-electron chi connectivity index (χ2n) is 5.39. The molecule has 108 valence electrons. The number of aliphatic carboxylic acids is 1. The molecule has 0 heterocycles. The molecule has 0 spiro atoms. The summed E-state index contributed by atoms with van der Waals surface area (Å²) in [6.07, 6.45) is 10.1. The van der Waals surface area contributed by atoms with Gasteiger partial charge in [-0.3, -0.25) is 4.79 Å². The Bertz CT molecular complexity index is 484. The predicted molar refractivity (Wildman–Crippen MR) is 84.9 cm³/mol. The molecule has 3 heteroatoms. The lowest BCUT2D eigenvalue weighted by Gasteiger charge is -2.14. The monoisotopic (exact) mass is 292 g/mol. The third-order valence-electron chi connectivity index (χ3n) is 2.88. The lowest BCUT2D eigenvalue weighted by Crippen LogP contribution is -2.01. The highest BCUT2D eigenvalue weighted by Gasteiger charge is 2.08. The molecular weight excluding hydrogens is 272 g/mol. The molecule has 0 saturated carbocycles. The maximum Gasteiger partial charge on any atom is 0.303 e. The van der Waals surface area contributed by atoms with Gasteiger partial charge in [-0.2, -0.15) is 0 Å². The van der Waals surface area contributed by atoms with Crippen molar-refractivity contribution in [2.75, 3.05) is 0 Å². The van der Waals surface area contributed by atoms with Crippen LogP contribution in [-0.4, -0.2) is 11.1 Å². The molecule has 0 radical (unpaired) electrons. The van der Waals surface area contributed by atoms with E-state index in [2.05, 4.69) is 38.2 Å². The number of carboxylic acid groups (broad SMARTS) is 1. The van der Waals surface area contributed by atoms with Crippen molar-refractivity contribution in [1.29, 1.82) is 0 Å². The standard InChI is InChI=1S/C17H21ClO2/c1-17(2,12-5-3-4-6-16(19)20)13-11-14-7-9-15(18)10-8-14/h5,7-13H,3-4,6H2,1-2H3,(H,19,20)/b12-5-,13-11?. The first-order chi connectivity index (χ1) is 9.39. The van der Waals surface area contributed by atoms with Crippen LogP contribution in [0.2, 0.25) is 5.02 Å². The van der Waals surface area contributed by atoms with Crippen LogP contribution in [0.1, 0.15) is 38.7 Å². The Labute approximate surface area is 125 Å². The van der Waals surface area contributed by atoms with E-state index in [-0.39, 0.29) is 11.8 Å². The number of carboxylic acids is 1. The van der Waals surface area contributed by atoms with Crippen molar-refractivity contribution in [1.82, 2.24) is 0 Å². The summed E-state index contributed by atoms with van der Waals surface area (Å²) < 4.78 is 0. The quantitative estimate of drug-likeness (QED) is 0.554. The molecule has 0 unspecified atom stereocenters. The van der Waals surface area contributed by atoms with Crippen LogP contribution in [0.15, 0.2) is 42.5 Å². The highest BCUT2D eigenvalue weighted by molar-refractivity contribution is 6.30. The SMILES string of the molecule is CC(C)(C=Cc1ccc(Cl)cc1)/C=C\CCCC(=O)O. The number of hydrogen-bond donors (Lipinski definition) is 1. The smallest absolute Gasteiger partial charge is 0.303 e. The van der Waals surface area contributed by atoms with Gasteiger partial charge in [-0.1, -0.05) is 61.9 Å². The Hall–Kier alpha value is -1.54. The maximum atomic E-state index is 10.4. The van der Waals surface area contributed by atoms with E-state index in [0.717, 1.165) is 17.0 Å². The van der Waals surface area contributed by atoms with E-state index < -0.39 is 5.97 Å². The van der Waals surface area contributed by atoms with Crippen LogP contribution in [0.5, 0.6) is 0 Å².